The Labute approximate surface area is 76.6 Å². The fourth-order valence-electron chi connectivity index (χ4n) is 0.933. The lowest BCUT2D eigenvalue weighted by molar-refractivity contribution is 0.922. The van der Waals surface area contributed by atoms with Crippen LogP contribution in [0.25, 0.3) is 0 Å². The molecule has 0 N–H and O–H groups in total. The van der Waals surface area contributed by atoms with Crippen molar-refractivity contribution in [2.45, 2.75) is 40.0 Å². The Hall–Kier alpha value is -0.780. The van der Waals surface area contributed by atoms with Crippen LogP contribution in [0.4, 0.5) is 0 Å². The maximum Gasteiger partial charge on any atom is -0.0281 e. The van der Waals surface area contributed by atoms with Gasteiger partial charge in [-0.3, -0.25) is 0 Å². The second kappa shape index (κ2) is 8.32. The standard InChI is InChI=1S/C9H12.C3H8/c1-2-6-9-7-4-3-5-8-9;1-3-2/h3-5,7-8H,2,6H2,1H3;3H2,1-2H3. The van der Waals surface area contributed by atoms with Crippen LogP contribution in [0.1, 0.15) is 39.2 Å². The molecule has 0 aliphatic carbocycles. The highest BCUT2D eigenvalue weighted by atomic mass is 13.9. The van der Waals surface area contributed by atoms with Gasteiger partial charge in [-0.25, -0.2) is 0 Å². The summed E-state index contributed by atoms with van der Waals surface area (Å²) in [5, 5.41) is 0. The molecule has 0 radical (unpaired) electrons. The third-order valence-corrected chi connectivity index (χ3v) is 1.38. The van der Waals surface area contributed by atoms with Crippen molar-refractivity contribution >= 4 is 0 Å². The van der Waals surface area contributed by atoms with Gasteiger partial charge in [-0.15, -0.1) is 0 Å². The average molecular weight is 164 g/mol. The van der Waals surface area contributed by atoms with E-state index in [0.717, 1.165) is 0 Å². The number of rotatable bonds is 2. The molecule has 0 aromatic heterocycles. The molecule has 1 aromatic carbocycles. The first-order valence-electron chi connectivity index (χ1n) is 4.89. The van der Waals surface area contributed by atoms with Crippen molar-refractivity contribution in [3.8, 4) is 0 Å². The summed E-state index contributed by atoms with van der Waals surface area (Å²) in [6.45, 7) is 6.45. The van der Waals surface area contributed by atoms with Crippen molar-refractivity contribution in [3.05, 3.63) is 35.9 Å². The summed E-state index contributed by atoms with van der Waals surface area (Å²) in [4.78, 5) is 0. The molecule has 0 aliphatic rings. The Morgan fingerprint density at radius 3 is 1.83 bits per heavy atom. The van der Waals surface area contributed by atoms with Crippen molar-refractivity contribution in [1.82, 2.24) is 0 Å². The van der Waals surface area contributed by atoms with Gasteiger partial charge in [0.1, 0.15) is 0 Å². The summed E-state index contributed by atoms with van der Waals surface area (Å²) in [6, 6.07) is 10.6. The zero-order valence-corrected chi connectivity index (χ0v) is 8.51. The van der Waals surface area contributed by atoms with Crippen molar-refractivity contribution in [2.75, 3.05) is 0 Å². The third kappa shape index (κ3) is 5.96. The minimum Gasteiger partial charge on any atom is -0.0656 e. The Balaban J connectivity index is 0.000000354. The molecule has 0 spiro atoms. The van der Waals surface area contributed by atoms with Gasteiger partial charge in [0, 0.05) is 0 Å². The van der Waals surface area contributed by atoms with E-state index in [1.54, 1.807) is 0 Å². The zero-order chi connectivity index (χ0) is 9.23. The van der Waals surface area contributed by atoms with E-state index in [1.165, 1.54) is 24.8 Å². The van der Waals surface area contributed by atoms with E-state index in [2.05, 4.69) is 51.1 Å². The normalized spacial score (nSPS) is 8.58. The minimum atomic E-state index is 1.21. The van der Waals surface area contributed by atoms with E-state index in [1.807, 2.05) is 0 Å². The smallest absolute Gasteiger partial charge is 0.0281 e. The number of hydrogen-bond donors (Lipinski definition) is 0. The van der Waals surface area contributed by atoms with Gasteiger partial charge in [-0.2, -0.15) is 0 Å². The Morgan fingerprint density at radius 1 is 0.917 bits per heavy atom. The molecule has 12 heavy (non-hydrogen) atoms. The fourth-order valence-corrected chi connectivity index (χ4v) is 0.933. The molecule has 0 fully saturated rings. The molecule has 1 aromatic rings. The summed E-state index contributed by atoms with van der Waals surface area (Å²) < 4.78 is 0. The van der Waals surface area contributed by atoms with E-state index in [4.69, 9.17) is 0 Å². The fraction of sp³-hybridized carbons (Fsp3) is 0.500. The largest absolute Gasteiger partial charge is 0.0656 e. The molecular weight excluding hydrogens is 144 g/mol. The Morgan fingerprint density at radius 2 is 1.42 bits per heavy atom. The maximum atomic E-state index is 2.20. The molecule has 0 bridgehead atoms. The van der Waals surface area contributed by atoms with Gasteiger partial charge in [-0.05, 0) is 12.0 Å². The van der Waals surface area contributed by atoms with Gasteiger partial charge >= 0.3 is 0 Å². The summed E-state index contributed by atoms with van der Waals surface area (Å²) in [5.74, 6) is 0. The third-order valence-electron chi connectivity index (χ3n) is 1.38. The topological polar surface area (TPSA) is 0 Å². The molecule has 0 saturated carbocycles. The minimum absolute atomic E-state index is 1.21. The molecule has 0 heteroatoms. The first-order valence-corrected chi connectivity index (χ1v) is 4.89. The second-order valence-corrected chi connectivity index (χ2v) is 2.94. The highest BCUT2D eigenvalue weighted by molar-refractivity contribution is 5.14. The number of hydrogen-bond acceptors (Lipinski definition) is 0. The van der Waals surface area contributed by atoms with Crippen molar-refractivity contribution < 1.29 is 0 Å². The molecule has 1 rings (SSSR count). The van der Waals surface area contributed by atoms with Crippen molar-refractivity contribution in [1.29, 1.82) is 0 Å². The summed E-state index contributed by atoms with van der Waals surface area (Å²) in [7, 11) is 0. The first-order chi connectivity index (χ1) is 5.85. The van der Waals surface area contributed by atoms with E-state index in [0.29, 0.717) is 0 Å². The molecule has 0 atom stereocenters. The summed E-state index contributed by atoms with van der Waals surface area (Å²) >= 11 is 0. The monoisotopic (exact) mass is 164 g/mol. The van der Waals surface area contributed by atoms with Crippen LogP contribution < -0.4 is 0 Å². The van der Waals surface area contributed by atoms with Crippen LogP contribution in [-0.2, 0) is 6.42 Å². The lowest BCUT2D eigenvalue weighted by atomic mass is 10.1. The van der Waals surface area contributed by atoms with Crippen LogP contribution in [0.15, 0.2) is 30.3 Å². The number of aryl methyl sites for hydroxylation is 1. The van der Waals surface area contributed by atoms with Crippen LogP contribution in [0.2, 0.25) is 0 Å². The highest BCUT2D eigenvalue weighted by Crippen LogP contribution is 2.00. The molecule has 0 nitrogen and oxygen atoms in total. The SMILES string of the molecule is CCC.CCCc1ccccc1. The molecule has 68 valence electrons. The van der Waals surface area contributed by atoms with Gasteiger partial charge in [0.05, 0.1) is 0 Å². The van der Waals surface area contributed by atoms with Crippen LogP contribution in [-0.4, -0.2) is 0 Å². The molecule has 0 amide bonds. The van der Waals surface area contributed by atoms with Crippen molar-refractivity contribution in [3.63, 3.8) is 0 Å². The first kappa shape index (κ1) is 11.2. The van der Waals surface area contributed by atoms with Crippen LogP contribution in [0, 0.1) is 0 Å². The van der Waals surface area contributed by atoms with Crippen molar-refractivity contribution in [2.24, 2.45) is 0 Å². The van der Waals surface area contributed by atoms with Gasteiger partial charge in [0.2, 0.25) is 0 Å². The summed E-state index contributed by atoms with van der Waals surface area (Å²) in [5.41, 5.74) is 1.44. The van der Waals surface area contributed by atoms with Crippen LogP contribution in [0.5, 0.6) is 0 Å². The Kier molecular flexibility index (Phi) is 7.78. The van der Waals surface area contributed by atoms with E-state index >= 15 is 0 Å². The quantitative estimate of drug-likeness (QED) is 0.618. The van der Waals surface area contributed by atoms with E-state index < -0.39 is 0 Å². The zero-order valence-electron chi connectivity index (χ0n) is 8.51. The van der Waals surface area contributed by atoms with Gasteiger partial charge in [0.25, 0.3) is 0 Å². The molecular formula is C12H20. The average Bonchev–Trinajstić information content (AvgIpc) is 2.08. The van der Waals surface area contributed by atoms with Gasteiger partial charge in [0.15, 0.2) is 0 Å². The lowest BCUT2D eigenvalue weighted by Crippen LogP contribution is -1.78. The molecule has 0 saturated heterocycles. The second-order valence-electron chi connectivity index (χ2n) is 2.94. The molecule has 0 heterocycles. The predicted octanol–water partition coefficient (Wildman–Crippen LogP) is 4.06. The summed E-state index contributed by atoms with van der Waals surface area (Å²) in [6.07, 6.45) is 3.70. The van der Waals surface area contributed by atoms with E-state index in [-0.39, 0.29) is 0 Å². The maximum absolute atomic E-state index is 2.20. The highest BCUT2D eigenvalue weighted by Gasteiger charge is 1.84. The molecule has 0 unspecified atom stereocenters. The predicted molar refractivity (Wildman–Crippen MR) is 56.4 cm³/mol. The van der Waals surface area contributed by atoms with Crippen LogP contribution >= 0.6 is 0 Å². The van der Waals surface area contributed by atoms with Crippen LogP contribution in [0.3, 0.4) is 0 Å². The van der Waals surface area contributed by atoms with Gasteiger partial charge in [-0.1, -0.05) is 63.9 Å². The number of benzene rings is 1. The Bertz CT molecular complexity index is 165. The van der Waals surface area contributed by atoms with Gasteiger partial charge < -0.3 is 0 Å². The molecule has 0 aliphatic heterocycles. The lowest BCUT2D eigenvalue weighted by Gasteiger charge is -1.93. The van der Waals surface area contributed by atoms with E-state index in [9.17, 15) is 0 Å².